The molecule has 3 N–H and O–H groups in total. The number of nitrogens with two attached hydrogens (primary N) is 1. The Hall–Kier alpha value is -3.91. The van der Waals surface area contributed by atoms with E-state index in [9.17, 15) is 20.4 Å². The first-order valence-corrected chi connectivity index (χ1v) is 10.6. The fraction of sp³-hybridized carbons (Fsp3) is 0.200. The number of nitriles is 2. The first kappa shape index (κ1) is 21.0. The average molecular weight is 457 g/mol. The summed E-state index contributed by atoms with van der Waals surface area (Å²) in [6.07, 6.45) is 1.36. The summed E-state index contributed by atoms with van der Waals surface area (Å²) in [7, 11) is 0. The lowest BCUT2D eigenvalue weighted by Gasteiger charge is -2.40. The van der Waals surface area contributed by atoms with Crippen LogP contribution in [-0.2, 0) is 16.0 Å². The summed E-state index contributed by atoms with van der Waals surface area (Å²) in [6, 6.07) is 21.3. The van der Waals surface area contributed by atoms with Crippen LogP contribution >= 0.6 is 11.6 Å². The number of hydrogen-bond donors (Lipinski definition) is 2. The van der Waals surface area contributed by atoms with Crippen LogP contribution in [0.15, 0.2) is 66.9 Å². The van der Waals surface area contributed by atoms with E-state index in [0.29, 0.717) is 21.7 Å². The lowest BCUT2D eigenvalue weighted by molar-refractivity contribution is -0.125. The van der Waals surface area contributed by atoms with Gasteiger partial charge in [-0.3, -0.25) is 9.78 Å². The van der Waals surface area contributed by atoms with Crippen molar-refractivity contribution in [2.45, 2.75) is 17.1 Å². The van der Waals surface area contributed by atoms with Gasteiger partial charge in [-0.05, 0) is 23.3 Å². The Kier molecular flexibility index (Phi) is 4.65. The normalized spacial score (nSPS) is 29.3. The van der Waals surface area contributed by atoms with Crippen LogP contribution in [-0.4, -0.2) is 16.0 Å². The Bertz CT molecular complexity index is 1350. The van der Waals surface area contributed by atoms with Crippen molar-refractivity contribution in [2.24, 2.45) is 17.6 Å². The van der Waals surface area contributed by atoms with Crippen LogP contribution in [0.25, 0.3) is 0 Å². The highest BCUT2D eigenvalue weighted by molar-refractivity contribution is 6.30. The van der Waals surface area contributed by atoms with Crippen LogP contribution in [0, 0.1) is 34.5 Å². The molecule has 7 nitrogen and oxygen atoms in total. The van der Waals surface area contributed by atoms with E-state index in [-0.39, 0.29) is 11.4 Å². The van der Waals surface area contributed by atoms with E-state index >= 15 is 0 Å². The van der Waals surface area contributed by atoms with Crippen molar-refractivity contribution in [2.75, 3.05) is 0 Å². The fourth-order valence-corrected chi connectivity index (χ4v) is 5.60. The summed E-state index contributed by atoms with van der Waals surface area (Å²) in [4.78, 5) is 17.1. The molecule has 0 saturated heterocycles. The van der Waals surface area contributed by atoms with Crippen molar-refractivity contribution in [3.63, 3.8) is 0 Å². The number of primary amides is 1. The third-order valence-electron chi connectivity index (χ3n) is 6.69. The molecule has 2 aromatic carbocycles. The van der Waals surface area contributed by atoms with Gasteiger partial charge in [-0.25, -0.2) is 0 Å². The van der Waals surface area contributed by atoms with Gasteiger partial charge >= 0.3 is 0 Å². The molecule has 3 aromatic rings. The zero-order valence-corrected chi connectivity index (χ0v) is 17.9. The number of amides is 1. The molecule has 5 rings (SSSR count). The number of rotatable bonds is 3. The fourth-order valence-electron chi connectivity index (χ4n) is 5.45. The van der Waals surface area contributed by atoms with E-state index in [0.717, 1.165) is 0 Å². The molecule has 8 heteroatoms. The smallest absolute Gasteiger partial charge is 0.222 e. The van der Waals surface area contributed by atoms with E-state index in [1.54, 1.807) is 48.5 Å². The SMILES string of the molecule is N#Cc1ccc([C@@]23Oc4cc(Cl)cnc4[C@]2(O)[C@@H](C#N)[C@H](C(N)=O)[C@H]3c2ccccc2)cc1. The lowest BCUT2D eigenvalue weighted by atomic mass is 9.71. The number of pyridine rings is 1. The predicted octanol–water partition coefficient (Wildman–Crippen LogP) is 3.12. The van der Waals surface area contributed by atoms with Gasteiger partial charge in [0.2, 0.25) is 5.91 Å². The maximum Gasteiger partial charge on any atom is 0.222 e. The zero-order chi connectivity index (χ0) is 23.4. The van der Waals surface area contributed by atoms with E-state index < -0.39 is 34.9 Å². The van der Waals surface area contributed by atoms with E-state index in [1.165, 1.54) is 12.3 Å². The number of carbonyl (C=O) groups excluding carboxylic acids is 1. The quantitative estimate of drug-likeness (QED) is 0.622. The molecule has 0 radical (unpaired) electrons. The van der Waals surface area contributed by atoms with Gasteiger partial charge in [-0.2, -0.15) is 10.5 Å². The molecule has 1 saturated carbocycles. The Morgan fingerprint density at radius 2 is 1.85 bits per heavy atom. The number of hydrogen-bond acceptors (Lipinski definition) is 6. The number of benzene rings is 2. The zero-order valence-electron chi connectivity index (χ0n) is 17.1. The van der Waals surface area contributed by atoms with Crippen LogP contribution in [0.4, 0.5) is 0 Å². The highest BCUT2D eigenvalue weighted by Crippen LogP contribution is 2.70. The third kappa shape index (κ3) is 2.64. The van der Waals surface area contributed by atoms with Crippen molar-refractivity contribution in [1.82, 2.24) is 4.98 Å². The van der Waals surface area contributed by atoms with Crippen LogP contribution < -0.4 is 10.5 Å². The first-order valence-electron chi connectivity index (χ1n) is 10.2. The summed E-state index contributed by atoms with van der Waals surface area (Å²) in [5.74, 6) is -3.68. The second-order valence-electron chi connectivity index (χ2n) is 8.22. The van der Waals surface area contributed by atoms with Gasteiger partial charge in [-0.15, -0.1) is 0 Å². The number of aromatic nitrogens is 1. The van der Waals surface area contributed by atoms with Crippen molar-refractivity contribution < 1.29 is 14.6 Å². The summed E-state index contributed by atoms with van der Waals surface area (Å²) < 4.78 is 6.50. The molecule has 1 aromatic heterocycles. The minimum Gasteiger partial charge on any atom is -0.476 e. The Balaban J connectivity index is 1.90. The molecule has 0 spiro atoms. The van der Waals surface area contributed by atoms with Gasteiger partial charge in [0.15, 0.2) is 11.2 Å². The molecule has 0 unspecified atom stereocenters. The van der Waals surface area contributed by atoms with E-state index in [4.69, 9.17) is 22.1 Å². The van der Waals surface area contributed by atoms with Gasteiger partial charge in [0.25, 0.3) is 0 Å². The number of halogens is 1. The summed E-state index contributed by atoms with van der Waals surface area (Å²) >= 11 is 6.16. The van der Waals surface area contributed by atoms with Crippen molar-refractivity contribution in [3.8, 4) is 17.9 Å². The highest BCUT2D eigenvalue weighted by atomic mass is 35.5. The first-order chi connectivity index (χ1) is 15.9. The monoisotopic (exact) mass is 456 g/mol. The average Bonchev–Trinajstić information content (AvgIpc) is 3.21. The molecule has 2 heterocycles. The number of ether oxygens (including phenoxy) is 1. The maximum atomic E-state index is 12.8. The summed E-state index contributed by atoms with van der Waals surface area (Å²) in [6.45, 7) is 0. The van der Waals surface area contributed by atoms with Gasteiger partial charge < -0.3 is 15.6 Å². The highest BCUT2D eigenvalue weighted by Gasteiger charge is 2.78. The van der Waals surface area contributed by atoms with E-state index in [2.05, 4.69) is 17.1 Å². The molecule has 1 aliphatic carbocycles. The van der Waals surface area contributed by atoms with Crippen molar-refractivity contribution >= 4 is 17.5 Å². The standard InChI is InChI=1S/C25H17ClN4O3/c26-17-10-19-22(30-13-17)24(32)18(12-28)20(23(29)31)21(15-4-2-1-3-5-15)25(24,33-19)16-8-6-14(11-27)7-9-16/h1-10,13,18,20-21,32H,(H2,29,31)/t18-,20-,21+,24+,25-/m0/s1. The van der Waals surface area contributed by atoms with Crippen LogP contribution in [0.1, 0.15) is 28.3 Å². The van der Waals surface area contributed by atoms with Gasteiger partial charge in [0, 0.05) is 18.2 Å². The van der Waals surface area contributed by atoms with E-state index in [1.807, 2.05) is 6.07 Å². The minimum atomic E-state index is -2.02. The molecule has 1 amide bonds. The predicted molar refractivity (Wildman–Crippen MR) is 118 cm³/mol. The van der Waals surface area contributed by atoms with Crippen LogP contribution in [0.5, 0.6) is 5.75 Å². The van der Waals surface area contributed by atoms with Gasteiger partial charge in [0.1, 0.15) is 11.4 Å². The molecule has 33 heavy (non-hydrogen) atoms. The molecular formula is C25H17ClN4O3. The van der Waals surface area contributed by atoms with Crippen molar-refractivity contribution in [3.05, 3.63) is 94.3 Å². The van der Waals surface area contributed by atoms with Crippen molar-refractivity contribution in [1.29, 1.82) is 10.5 Å². The van der Waals surface area contributed by atoms with Gasteiger partial charge in [-0.1, -0.05) is 54.1 Å². The second-order valence-corrected chi connectivity index (χ2v) is 8.65. The largest absolute Gasteiger partial charge is 0.476 e. The van der Waals surface area contributed by atoms with Crippen LogP contribution in [0.2, 0.25) is 5.02 Å². The number of nitrogens with zero attached hydrogens (tertiary/aromatic N) is 3. The second kappa shape index (κ2) is 7.31. The Morgan fingerprint density at radius 1 is 1.15 bits per heavy atom. The Labute approximate surface area is 194 Å². The molecule has 5 atom stereocenters. The molecular weight excluding hydrogens is 440 g/mol. The number of aliphatic hydroxyl groups is 1. The number of fused-ring (bicyclic) bond motifs is 3. The van der Waals surface area contributed by atoms with Gasteiger partial charge in [0.05, 0.1) is 34.6 Å². The third-order valence-corrected chi connectivity index (χ3v) is 6.90. The lowest BCUT2D eigenvalue weighted by Crippen LogP contribution is -2.50. The Morgan fingerprint density at radius 3 is 2.45 bits per heavy atom. The van der Waals surface area contributed by atoms with Crippen LogP contribution in [0.3, 0.4) is 0 Å². The summed E-state index contributed by atoms with van der Waals surface area (Å²) in [5.41, 5.74) is 3.88. The number of carbonyl (C=O) groups is 1. The molecule has 1 aliphatic heterocycles. The molecule has 1 fully saturated rings. The summed E-state index contributed by atoms with van der Waals surface area (Å²) in [5, 5.41) is 32.2. The topological polar surface area (TPSA) is 133 Å². The molecule has 0 bridgehead atoms. The maximum absolute atomic E-state index is 12.8. The molecule has 2 aliphatic rings. The molecule has 162 valence electrons. The minimum absolute atomic E-state index is 0.118.